The van der Waals surface area contributed by atoms with Crippen molar-refractivity contribution in [2.45, 2.75) is 37.5 Å². The number of hydrogen-bond donors (Lipinski definition) is 2. The Kier molecular flexibility index (Phi) is 5.90. The second kappa shape index (κ2) is 8.47. The minimum atomic E-state index is -1.08. The molecular weight excluding hydrogens is 400 g/mol. The van der Waals surface area contributed by atoms with Crippen LogP contribution in [0.2, 0.25) is 0 Å². The molecule has 0 spiro atoms. The average Bonchev–Trinajstić information content (AvgIpc) is 3.00. The van der Waals surface area contributed by atoms with Crippen LogP contribution in [0.4, 0.5) is 0 Å². The van der Waals surface area contributed by atoms with Crippen molar-refractivity contribution in [3.8, 4) is 11.6 Å². The van der Waals surface area contributed by atoms with Gasteiger partial charge in [0.15, 0.2) is 0 Å². The third-order valence-corrected chi connectivity index (χ3v) is 6.73. The summed E-state index contributed by atoms with van der Waals surface area (Å²) in [5.74, 6) is 1.54. The summed E-state index contributed by atoms with van der Waals surface area (Å²) in [6.07, 6.45) is 5.35. The first-order valence-corrected chi connectivity index (χ1v) is 10.6. The molecule has 0 aliphatic carbocycles. The Bertz CT molecular complexity index is 872. The van der Waals surface area contributed by atoms with Gasteiger partial charge in [-0.25, -0.2) is 4.98 Å². The number of ether oxygens (including phenoxy) is 2. The van der Waals surface area contributed by atoms with E-state index in [1.165, 1.54) is 4.90 Å². The fourth-order valence-corrected chi connectivity index (χ4v) is 4.77. The second-order valence-corrected chi connectivity index (χ2v) is 8.43. The molecule has 3 aliphatic rings. The summed E-state index contributed by atoms with van der Waals surface area (Å²) < 4.78 is 11.1. The molecule has 1 aromatic heterocycles. The number of hydrogen-bond acceptors (Lipinski definition) is 8. The summed E-state index contributed by atoms with van der Waals surface area (Å²) in [5, 5.41) is 20.1. The summed E-state index contributed by atoms with van der Waals surface area (Å²) in [4.78, 5) is 25.4. The van der Waals surface area contributed by atoms with E-state index in [9.17, 15) is 15.0 Å². The Labute approximate surface area is 182 Å². The van der Waals surface area contributed by atoms with E-state index in [1.807, 2.05) is 19.1 Å². The maximum Gasteiger partial charge on any atom is 0.232 e. The van der Waals surface area contributed by atoms with Gasteiger partial charge in [0.2, 0.25) is 11.8 Å². The highest BCUT2D eigenvalue weighted by Gasteiger charge is 2.57. The normalized spacial score (nSPS) is 25.8. The van der Waals surface area contributed by atoms with Crippen LogP contribution in [0.15, 0.2) is 35.0 Å². The number of amides is 1. The van der Waals surface area contributed by atoms with E-state index in [0.29, 0.717) is 5.88 Å². The van der Waals surface area contributed by atoms with E-state index >= 15 is 0 Å². The zero-order valence-corrected chi connectivity index (χ0v) is 18.2. The molecule has 1 aromatic rings. The Balaban J connectivity index is 1.45. The zero-order valence-electron chi connectivity index (χ0n) is 18.2. The van der Waals surface area contributed by atoms with Gasteiger partial charge in [0.25, 0.3) is 0 Å². The van der Waals surface area contributed by atoms with Crippen LogP contribution in [0.1, 0.15) is 19.8 Å². The monoisotopic (exact) mass is 430 g/mol. The van der Waals surface area contributed by atoms with Crippen LogP contribution in [0, 0.1) is 5.92 Å². The molecule has 9 heteroatoms. The molecular formula is C22H30N4O5. The number of carbonyl (C=O) groups excluding carboxylic acids is 1. The number of dihydropyridines is 1. The topological polar surface area (TPSA) is 108 Å². The van der Waals surface area contributed by atoms with Crippen molar-refractivity contribution in [2.24, 2.45) is 10.9 Å². The SMILES string of the molecule is COc1ccc(OC2CCN(C3=NC4C(C=C3C)C(=O)N(C)C4(CO)CO)CC2)cn1. The summed E-state index contributed by atoms with van der Waals surface area (Å²) in [5.41, 5.74) is -0.124. The largest absolute Gasteiger partial charge is 0.489 e. The van der Waals surface area contributed by atoms with Crippen LogP contribution in [0.5, 0.6) is 11.6 Å². The lowest BCUT2D eigenvalue weighted by molar-refractivity contribution is -0.133. The van der Waals surface area contributed by atoms with E-state index < -0.39 is 17.5 Å². The van der Waals surface area contributed by atoms with Gasteiger partial charge in [0, 0.05) is 39.0 Å². The number of piperidine rings is 1. The Hall–Kier alpha value is -2.65. The van der Waals surface area contributed by atoms with Crippen LogP contribution in [-0.2, 0) is 4.79 Å². The molecule has 0 aromatic carbocycles. The van der Waals surface area contributed by atoms with Gasteiger partial charge in [-0.05, 0) is 18.6 Å². The standard InChI is InChI=1S/C22H30N4O5/c1-14-10-17-19(22(12-27,13-28)25(2)21(17)29)24-20(14)26-8-6-15(7-9-26)31-16-4-5-18(30-3)23-11-16/h4-5,10-11,15,17,19,27-28H,6-9,12-13H2,1-3H3. The van der Waals surface area contributed by atoms with E-state index in [4.69, 9.17) is 14.5 Å². The molecule has 168 valence electrons. The molecule has 2 atom stereocenters. The quantitative estimate of drug-likeness (QED) is 0.699. The lowest BCUT2D eigenvalue weighted by atomic mass is 9.84. The minimum absolute atomic E-state index is 0.0841. The van der Waals surface area contributed by atoms with Crippen molar-refractivity contribution in [1.29, 1.82) is 0 Å². The van der Waals surface area contributed by atoms with E-state index in [1.54, 1.807) is 26.4 Å². The highest BCUT2D eigenvalue weighted by Crippen LogP contribution is 2.40. The first kappa shape index (κ1) is 21.6. The van der Waals surface area contributed by atoms with Crippen molar-refractivity contribution in [3.63, 3.8) is 0 Å². The molecule has 2 unspecified atom stereocenters. The molecule has 2 saturated heterocycles. The Morgan fingerprint density at radius 1 is 1.23 bits per heavy atom. The molecule has 2 N–H and O–H groups in total. The third-order valence-electron chi connectivity index (χ3n) is 6.73. The first-order chi connectivity index (χ1) is 14.9. The van der Waals surface area contributed by atoms with Gasteiger partial charge in [-0.1, -0.05) is 6.08 Å². The number of rotatable bonds is 5. The number of methoxy groups -OCH3 is 1. The van der Waals surface area contributed by atoms with Gasteiger partial charge < -0.3 is 29.5 Å². The second-order valence-electron chi connectivity index (χ2n) is 8.43. The lowest BCUT2D eigenvalue weighted by Gasteiger charge is -2.39. The zero-order chi connectivity index (χ0) is 22.2. The minimum Gasteiger partial charge on any atom is -0.489 e. The van der Waals surface area contributed by atoms with Crippen molar-refractivity contribution >= 4 is 11.7 Å². The number of aliphatic hydroxyl groups is 2. The van der Waals surface area contributed by atoms with Crippen molar-refractivity contribution in [3.05, 3.63) is 30.0 Å². The van der Waals surface area contributed by atoms with E-state index in [-0.39, 0.29) is 25.2 Å². The predicted molar refractivity (Wildman–Crippen MR) is 114 cm³/mol. The first-order valence-electron chi connectivity index (χ1n) is 10.6. The average molecular weight is 431 g/mol. The number of amidine groups is 1. The van der Waals surface area contributed by atoms with Gasteiger partial charge in [-0.2, -0.15) is 0 Å². The number of fused-ring (bicyclic) bond motifs is 1. The van der Waals surface area contributed by atoms with Crippen LogP contribution in [0.25, 0.3) is 0 Å². The lowest BCUT2D eigenvalue weighted by Crippen LogP contribution is -2.56. The summed E-state index contributed by atoms with van der Waals surface area (Å²) >= 11 is 0. The molecule has 0 saturated carbocycles. The maximum absolute atomic E-state index is 12.7. The van der Waals surface area contributed by atoms with Gasteiger partial charge in [-0.15, -0.1) is 0 Å². The van der Waals surface area contributed by atoms with Crippen LogP contribution in [-0.4, -0.2) is 94.9 Å². The van der Waals surface area contributed by atoms with Crippen molar-refractivity contribution in [2.75, 3.05) is 40.5 Å². The molecule has 1 amide bonds. The third kappa shape index (κ3) is 3.65. The number of likely N-dealkylation sites (N-methyl/N-ethyl adjacent to an activating group) is 1. The molecule has 2 fully saturated rings. The van der Waals surface area contributed by atoms with Crippen molar-refractivity contribution < 1.29 is 24.5 Å². The van der Waals surface area contributed by atoms with Gasteiger partial charge >= 0.3 is 0 Å². The fourth-order valence-electron chi connectivity index (χ4n) is 4.77. The molecule has 4 rings (SSSR count). The highest BCUT2D eigenvalue weighted by molar-refractivity contribution is 6.01. The van der Waals surface area contributed by atoms with Crippen molar-refractivity contribution in [1.82, 2.24) is 14.8 Å². The molecule has 3 aliphatic heterocycles. The van der Waals surface area contributed by atoms with Crippen LogP contribution >= 0.6 is 0 Å². The van der Waals surface area contributed by atoms with Gasteiger partial charge in [-0.3, -0.25) is 9.79 Å². The number of aliphatic hydroxyl groups excluding tert-OH is 2. The summed E-state index contributed by atoms with van der Waals surface area (Å²) in [6.45, 7) is 2.84. The molecule has 0 radical (unpaired) electrons. The summed E-state index contributed by atoms with van der Waals surface area (Å²) in [7, 11) is 3.21. The Morgan fingerprint density at radius 3 is 2.52 bits per heavy atom. The summed E-state index contributed by atoms with van der Waals surface area (Å²) in [6, 6.07) is 3.13. The molecule has 0 bridgehead atoms. The number of aromatic nitrogens is 1. The molecule has 9 nitrogen and oxygen atoms in total. The fraction of sp³-hybridized carbons (Fsp3) is 0.591. The molecule has 4 heterocycles. The predicted octanol–water partition coefficient (Wildman–Crippen LogP) is 0.472. The number of carbonyl (C=O) groups is 1. The smallest absolute Gasteiger partial charge is 0.232 e. The number of pyridine rings is 1. The maximum atomic E-state index is 12.7. The number of nitrogens with zero attached hydrogens (tertiary/aromatic N) is 4. The number of likely N-dealkylation sites (tertiary alicyclic amines) is 2. The van der Waals surface area contributed by atoms with Crippen LogP contribution in [0.3, 0.4) is 0 Å². The van der Waals surface area contributed by atoms with E-state index in [2.05, 4.69) is 9.88 Å². The Morgan fingerprint density at radius 2 is 1.94 bits per heavy atom. The van der Waals surface area contributed by atoms with Gasteiger partial charge in [0.05, 0.1) is 38.5 Å². The number of aliphatic imine (C=N–C) groups is 1. The van der Waals surface area contributed by atoms with Gasteiger partial charge in [0.1, 0.15) is 23.2 Å². The van der Waals surface area contributed by atoms with E-state index in [0.717, 1.165) is 43.1 Å². The van der Waals surface area contributed by atoms with Crippen LogP contribution < -0.4 is 9.47 Å². The highest BCUT2D eigenvalue weighted by atomic mass is 16.5. The molecule has 31 heavy (non-hydrogen) atoms.